The van der Waals surface area contributed by atoms with E-state index in [2.05, 4.69) is 14.9 Å². The van der Waals surface area contributed by atoms with E-state index in [4.69, 9.17) is 4.74 Å². The Morgan fingerprint density at radius 2 is 2.04 bits per heavy atom. The Balaban J connectivity index is 1.51. The number of thioether (sulfide) groups is 1. The molecule has 1 atom stereocenters. The van der Waals surface area contributed by atoms with Crippen molar-refractivity contribution in [3.8, 4) is 0 Å². The quantitative estimate of drug-likeness (QED) is 0.628. The molecule has 0 aromatic carbocycles. The third-order valence-electron chi connectivity index (χ3n) is 5.46. The molecular weight excluding hydrogens is 322 g/mol. The molecule has 0 amide bonds. The van der Waals surface area contributed by atoms with Crippen molar-refractivity contribution in [3.63, 3.8) is 0 Å². The van der Waals surface area contributed by atoms with Crippen molar-refractivity contribution in [2.24, 2.45) is 5.41 Å². The van der Waals surface area contributed by atoms with Gasteiger partial charge in [-0.2, -0.15) is 0 Å². The summed E-state index contributed by atoms with van der Waals surface area (Å²) < 4.78 is 5.91. The van der Waals surface area contributed by atoms with Gasteiger partial charge in [0.25, 0.3) is 0 Å². The third kappa shape index (κ3) is 4.69. The smallest absolute Gasteiger partial charge is 0.187 e. The van der Waals surface area contributed by atoms with Crippen molar-refractivity contribution in [2.75, 3.05) is 32.6 Å². The third-order valence-corrected chi connectivity index (χ3v) is 6.03. The highest BCUT2D eigenvalue weighted by molar-refractivity contribution is 7.98. The summed E-state index contributed by atoms with van der Waals surface area (Å²) >= 11 is 1.57. The van der Waals surface area contributed by atoms with E-state index in [1.54, 1.807) is 11.8 Å². The Morgan fingerprint density at radius 1 is 1.29 bits per heavy atom. The predicted molar refractivity (Wildman–Crippen MR) is 96.1 cm³/mol. The number of aliphatic hydroxyl groups excluding tert-OH is 1. The van der Waals surface area contributed by atoms with Crippen molar-refractivity contribution in [1.29, 1.82) is 0 Å². The van der Waals surface area contributed by atoms with Gasteiger partial charge in [-0.1, -0.05) is 11.8 Å². The molecule has 0 spiro atoms. The number of ether oxygens (including phenoxy) is 1. The van der Waals surface area contributed by atoms with Crippen molar-refractivity contribution < 1.29 is 9.84 Å². The molecule has 3 rings (SSSR count). The van der Waals surface area contributed by atoms with E-state index >= 15 is 0 Å². The second-order valence-electron chi connectivity index (χ2n) is 7.20. The molecule has 6 heteroatoms. The van der Waals surface area contributed by atoms with Crippen molar-refractivity contribution in [2.45, 2.75) is 56.3 Å². The topological polar surface area (TPSA) is 58.5 Å². The highest BCUT2D eigenvalue weighted by atomic mass is 32.2. The molecule has 2 aliphatic heterocycles. The number of nitrogens with zero attached hydrogens (tertiary/aromatic N) is 3. The van der Waals surface area contributed by atoms with Gasteiger partial charge in [0.1, 0.15) is 0 Å². The molecule has 0 saturated carbocycles. The molecule has 5 nitrogen and oxygen atoms in total. The molecule has 2 fully saturated rings. The zero-order chi connectivity index (χ0) is 16.8. The highest BCUT2D eigenvalue weighted by Crippen LogP contribution is 2.38. The van der Waals surface area contributed by atoms with Crippen molar-refractivity contribution >= 4 is 11.8 Å². The molecule has 2 saturated heterocycles. The first-order valence-electron chi connectivity index (χ1n) is 9.03. The SMILES string of the molecule is CSc1ncc(CN2CCC(CO)(C[C@H]3CCCCO3)CC2)cn1. The number of hydrogen-bond donors (Lipinski definition) is 1. The van der Waals surface area contributed by atoms with Gasteiger partial charge in [-0.25, -0.2) is 9.97 Å². The van der Waals surface area contributed by atoms with Gasteiger partial charge in [-0.05, 0) is 63.3 Å². The van der Waals surface area contributed by atoms with Crippen LogP contribution in [0.4, 0.5) is 0 Å². The fourth-order valence-electron chi connectivity index (χ4n) is 3.85. The van der Waals surface area contributed by atoms with Crippen LogP contribution in [0, 0.1) is 5.41 Å². The fraction of sp³-hybridized carbons (Fsp3) is 0.778. The summed E-state index contributed by atoms with van der Waals surface area (Å²) in [6.45, 7) is 4.13. The number of aliphatic hydroxyl groups is 1. The Labute approximate surface area is 149 Å². The predicted octanol–water partition coefficient (Wildman–Crippen LogP) is 2.73. The fourth-order valence-corrected chi connectivity index (χ4v) is 4.17. The zero-order valence-corrected chi connectivity index (χ0v) is 15.4. The Hall–Kier alpha value is -0.690. The molecule has 134 valence electrons. The van der Waals surface area contributed by atoms with Crippen LogP contribution in [-0.2, 0) is 11.3 Å². The molecule has 1 aromatic heterocycles. The summed E-state index contributed by atoms with van der Waals surface area (Å²) in [6.07, 6.45) is 12.9. The largest absolute Gasteiger partial charge is 0.396 e. The van der Waals surface area contributed by atoms with Crippen LogP contribution in [0.3, 0.4) is 0 Å². The van der Waals surface area contributed by atoms with E-state index in [-0.39, 0.29) is 12.0 Å². The average molecular weight is 352 g/mol. The van der Waals surface area contributed by atoms with Gasteiger partial charge in [-0.3, -0.25) is 4.90 Å². The first-order valence-corrected chi connectivity index (χ1v) is 10.3. The monoisotopic (exact) mass is 351 g/mol. The van der Waals surface area contributed by atoms with Gasteiger partial charge in [0.05, 0.1) is 6.10 Å². The van der Waals surface area contributed by atoms with Crippen LogP contribution in [0.1, 0.15) is 44.1 Å². The molecule has 0 radical (unpaired) electrons. The standard InChI is InChI=1S/C18H29N3O2S/c1-24-17-19-11-15(12-20-17)13-21-7-5-18(14-22,6-8-21)10-16-4-2-3-9-23-16/h11-12,16,22H,2-10,13-14H2,1H3/t16-/m1/s1. The van der Waals surface area contributed by atoms with Crippen LogP contribution in [0.25, 0.3) is 0 Å². The van der Waals surface area contributed by atoms with Crippen molar-refractivity contribution in [1.82, 2.24) is 14.9 Å². The number of hydrogen-bond acceptors (Lipinski definition) is 6. The van der Waals surface area contributed by atoms with E-state index < -0.39 is 0 Å². The van der Waals surface area contributed by atoms with E-state index in [0.717, 1.165) is 57.1 Å². The van der Waals surface area contributed by atoms with Gasteiger partial charge < -0.3 is 9.84 Å². The summed E-state index contributed by atoms with van der Waals surface area (Å²) in [4.78, 5) is 11.2. The van der Waals surface area contributed by atoms with E-state index in [9.17, 15) is 5.11 Å². The van der Waals surface area contributed by atoms with Crippen LogP contribution >= 0.6 is 11.8 Å². The van der Waals surface area contributed by atoms with E-state index in [1.165, 1.54) is 18.4 Å². The second-order valence-corrected chi connectivity index (χ2v) is 7.98. The summed E-state index contributed by atoms with van der Waals surface area (Å²) in [7, 11) is 0. The van der Waals surface area contributed by atoms with Gasteiger partial charge in [-0.15, -0.1) is 0 Å². The van der Waals surface area contributed by atoms with Gasteiger partial charge in [0.15, 0.2) is 5.16 Å². The summed E-state index contributed by atoms with van der Waals surface area (Å²) in [5.41, 5.74) is 1.22. The normalized spacial score (nSPS) is 24.8. The first-order chi connectivity index (χ1) is 11.7. The van der Waals surface area contributed by atoms with E-state index in [0.29, 0.717) is 6.10 Å². The number of likely N-dealkylation sites (tertiary alicyclic amines) is 1. The summed E-state index contributed by atoms with van der Waals surface area (Å²) in [5, 5.41) is 10.8. The maximum Gasteiger partial charge on any atom is 0.187 e. The van der Waals surface area contributed by atoms with Crippen LogP contribution in [0.5, 0.6) is 0 Å². The van der Waals surface area contributed by atoms with Crippen LogP contribution < -0.4 is 0 Å². The summed E-state index contributed by atoms with van der Waals surface area (Å²) in [6, 6.07) is 0. The lowest BCUT2D eigenvalue weighted by molar-refractivity contribution is -0.0486. The Morgan fingerprint density at radius 3 is 2.62 bits per heavy atom. The highest BCUT2D eigenvalue weighted by Gasteiger charge is 2.36. The van der Waals surface area contributed by atoms with Crippen LogP contribution in [0.2, 0.25) is 0 Å². The number of aromatic nitrogens is 2. The molecule has 1 aromatic rings. The van der Waals surface area contributed by atoms with Crippen molar-refractivity contribution in [3.05, 3.63) is 18.0 Å². The maximum absolute atomic E-state index is 10.0. The minimum Gasteiger partial charge on any atom is -0.396 e. The number of piperidine rings is 1. The summed E-state index contributed by atoms with van der Waals surface area (Å²) in [5.74, 6) is 0. The molecular formula is C18H29N3O2S. The van der Waals surface area contributed by atoms with Gasteiger partial charge in [0.2, 0.25) is 0 Å². The molecule has 0 unspecified atom stereocenters. The zero-order valence-electron chi connectivity index (χ0n) is 14.6. The van der Waals surface area contributed by atoms with Gasteiger partial charge >= 0.3 is 0 Å². The average Bonchev–Trinajstić information content (AvgIpc) is 2.65. The van der Waals surface area contributed by atoms with Gasteiger partial charge in [0, 0.05) is 37.7 Å². The van der Waals surface area contributed by atoms with Crippen LogP contribution in [0.15, 0.2) is 17.6 Å². The lowest BCUT2D eigenvalue weighted by Gasteiger charge is -2.43. The molecule has 2 aliphatic rings. The Bertz CT molecular complexity index is 497. The number of rotatable bonds is 6. The first kappa shape index (κ1) is 18.1. The lowest BCUT2D eigenvalue weighted by atomic mass is 9.74. The second kappa shape index (κ2) is 8.61. The molecule has 24 heavy (non-hydrogen) atoms. The van der Waals surface area contributed by atoms with Crippen LogP contribution in [-0.4, -0.2) is 58.6 Å². The lowest BCUT2D eigenvalue weighted by Crippen LogP contribution is -2.44. The maximum atomic E-state index is 10.0. The van der Waals surface area contributed by atoms with E-state index in [1.807, 2.05) is 18.6 Å². The molecule has 0 bridgehead atoms. The minimum atomic E-state index is 0.0533. The molecule has 3 heterocycles. The minimum absolute atomic E-state index is 0.0533. The molecule has 1 N–H and O–H groups in total. The Kier molecular flexibility index (Phi) is 6.49. The molecule has 0 aliphatic carbocycles.